The summed E-state index contributed by atoms with van der Waals surface area (Å²) >= 11 is 0. The van der Waals surface area contributed by atoms with Crippen molar-refractivity contribution in [1.82, 2.24) is 19.1 Å². The van der Waals surface area contributed by atoms with Crippen LogP contribution in [-0.4, -0.2) is 19.1 Å². The number of benzene rings is 4. The first-order chi connectivity index (χ1) is 20.2. The zero-order valence-electron chi connectivity index (χ0n) is 22.7. The van der Waals surface area contributed by atoms with Crippen molar-refractivity contribution in [2.75, 3.05) is 0 Å². The molecule has 0 fully saturated rings. The highest BCUT2D eigenvalue weighted by atomic mass is 16.1. The van der Waals surface area contributed by atoms with Crippen molar-refractivity contribution >= 4 is 21.7 Å². The highest BCUT2D eigenvalue weighted by Crippen LogP contribution is 2.41. The van der Waals surface area contributed by atoms with Gasteiger partial charge in [0.25, 0.3) is 5.56 Å². The number of imidazole rings is 1. The first kappa shape index (κ1) is 24.7. The van der Waals surface area contributed by atoms with Gasteiger partial charge in [0.2, 0.25) is 0 Å². The van der Waals surface area contributed by atoms with Gasteiger partial charge in [-0.3, -0.25) is 9.78 Å². The molecule has 0 unspecified atom stereocenters. The van der Waals surface area contributed by atoms with Crippen LogP contribution in [0.3, 0.4) is 0 Å². The Morgan fingerprint density at radius 1 is 0.659 bits per heavy atom. The first-order valence-electron chi connectivity index (χ1n) is 13.7. The first-order valence-corrected chi connectivity index (χ1v) is 13.7. The predicted octanol–water partition coefficient (Wildman–Crippen LogP) is 6.94. The van der Waals surface area contributed by atoms with Crippen molar-refractivity contribution in [3.63, 3.8) is 0 Å². The SMILES string of the molecule is Cc1c(Cn2ccc3ccc4cccnc4c3c2=O)ncn1C(c1ccccc1)(c1ccccc1)c1ccccc1. The van der Waals surface area contributed by atoms with Crippen LogP contribution >= 0.6 is 0 Å². The van der Waals surface area contributed by atoms with Crippen LogP contribution in [0.5, 0.6) is 0 Å². The molecule has 41 heavy (non-hydrogen) atoms. The van der Waals surface area contributed by atoms with Gasteiger partial charge in [0.05, 0.1) is 29.5 Å². The number of rotatable bonds is 6. The lowest BCUT2D eigenvalue weighted by atomic mass is 9.76. The third-order valence-electron chi connectivity index (χ3n) is 8.08. The van der Waals surface area contributed by atoms with E-state index < -0.39 is 5.54 Å². The molecule has 0 atom stereocenters. The summed E-state index contributed by atoms with van der Waals surface area (Å²) in [5.41, 5.74) is 5.22. The molecule has 3 heterocycles. The Morgan fingerprint density at radius 3 is 1.85 bits per heavy atom. The van der Waals surface area contributed by atoms with Gasteiger partial charge in [-0.2, -0.15) is 0 Å². The van der Waals surface area contributed by atoms with Crippen LogP contribution in [0.1, 0.15) is 28.1 Å². The van der Waals surface area contributed by atoms with Crippen LogP contribution in [0.15, 0.2) is 145 Å². The van der Waals surface area contributed by atoms with E-state index >= 15 is 0 Å². The monoisotopic (exact) mass is 532 g/mol. The lowest BCUT2D eigenvalue weighted by Crippen LogP contribution is -2.38. The van der Waals surface area contributed by atoms with Gasteiger partial charge < -0.3 is 9.13 Å². The summed E-state index contributed by atoms with van der Waals surface area (Å²) in [6.07, 6.45) is 5.51. The highest BCUT2D eigenvalue weighted by Gasteiger charge is 2.39. The van der Waals surface area contributed by atoms with Crippen molar-refractivity contribution in [3.05, 3.63) is 178 Å². The number of hydrogen-bond donors (Lipinski definition) is 0. The molecule has 198 valence electrons. The summed E-state index contributed by atoms with van der Waals surface area (Å²) < 4.78 is 4.00. The molecule has 7 rings (SSSR count). The lowest BCUT2D eigenvalue weighted by Gasteiger charge is -2.38. The number of nitrogens with zero attached hydrogens (tertiary/aromatic N) is 4. The smallest absolute Gasteiger partial charge is 0.260 e. The quantitative estimate of drug-likeness (QED) is 0.172. The molecule has 0 aliphatic rings. The summed E-state index contributed by atoms with van der Waals surface area (Å²) in [6, 6.07) is 41.5. The molecule has 5 nitrogen and oxygen atoms in total. The van der Waals surface area contributed by atoms with Gasteiger partial charge in [-0.1, -0.05) is 109 Å². The molecular weight excluding hydrogens is 504 g/mol. The Labute approximate surface area is 238 Å². The topological polar surface area (TPSA) is 52.7 Å². The molecule has 0 saturated carbocycles. The minimum atomic E-state index is -0.659. The Bertz CT molecular complexity index is 1950. The lowest BCUT2D eigenvalue weighted by molar-refractivity contribution is 0.502. The standard InChI is InChI=1S/C36H28N4O/c1-26-32(24-39-23-21-27-19-20-28-12-11-22-37-34(28)33(27)35(39)41)38-25-40(26)36(29-13-5-2-6-14-29,30-15-7-3-8-16-30)31-17-9-4-10-18-31/h2-23,25H,24H2,1H3. The van der Waals surface area contributed by atoms with Crippen LogP contribution < -0.4 is 5.56 Å². The second-order valence-corrected chi connectivity index (χ2v) is 10.3. The molecular formula is C36H28N4O. The maximum absolute atomic E-state index is 13.8. The van der Waals surface area contributed by atoms with E-state index in [1.165, 1.54) is 0 Å². The highest BCUT2D eigenvalue weighted by molar-refractivity contribution is 6.04. The van der Waals surface area contributed by atoms with Crippen molar-refractivity contribution in [2.45, 2.75) is 19.0 Å². The molecule has 0 N–H and O–H groups in total. The maximum Gasteiger partial charge on any atom is 0.260 e. The summed E-state index contributed by atoms with van der Waals surface area (Å²) in [6.45, 7) is 2.44. The van der Waals surface area contributed by atoms with Crippen LogP contribution in [0.4, 0.5) is 0 Å². The number of pyridine rings is 2. The van der Waals surface area contributed by atoms with E-state index in [1.54, 1.807) is 10.8 Å². The molecule has 0 amide bonds. The maximum atomic E-state index is 13.8. The summed E-state index contributed by atoms with van der Waals surface area (Å²) in [5.74, 6) is 0. The fourth-order valence-corrected chi connectivity index (χ4v) is 6.09. The minimum absolute atomic E-state index is 0.0683. The molecule has 3 aromatic heterocycles. The fourth-order valence-electron chi connectivity index (χ4n) is 6.09. The normalized spacial score (nSPS) is 11.7. The van der Waals surface area contributed by atoms with E-state index in [0.29, 0.717) is 11.9 Å². The van der Waals surface area contributed by atoms with Crippen LogP contribution in [0.25, 0.3) is 21.7 Å². The summed E-state index contributed by atoms with van der Waals surface area (Å²) in [7, 11) is 0. The van der Waals surface area contributed by atoms with Crippen LogP contribution in [0, 0.1) is 6.92 Å². The van der Waals surface area contributed by atoms with Crippen molar-refractivity contribution in [3.8, 4) is 0 Å². The average molecular weight is 533 g/mol. The van der Waals surface area contributed by atoms with E-state index in [1.807, 2.05) is 61.1 Å². The second-order valence-electron chi connectivity index (χ2n) is 10.3. The summed E-state index contributed by atoms with van der Waals surface area (Å²) in [4.78, 5) is 23.3. The Morgan fingerprint density at radius 2 is 1.24 bits per heavy atom. The van der Waals surface area contributed by atoms with E-state index in [4.69, 9.17) is 4.98 Å². The molecule has 7 aromatic rings. The molecule has 4 aromatic carbocycles. The number of hydrogen-bond acceptors (Lipinski definition) is 3. The number of fused-ring (bicyclic) bond motifs is 3. The Balaban J connectivity index is 1.43. The average Bonchev–Trinajstić information content (AvgIpc) is 3.40. The van der Waals surface area contributed by atoms with Gasteiger partial charge in [0.1, 0.15) is 5.54 Å². The van der Waals surface area contributed by atoms with Crippen molar-refractivity contribution < 1.29 is 0 Å². The van der Waals surface area contributed by atoms with Gasteiger partial charge in [0.15, 0.2) is 0 Å². The van der Waals surface area contributed by atoms with E-state index in [-0.39, 0.29) is 5.56 Å². The zero-order valence-corrected chi connectivity index (χ0v) is 22.7. The third-order valence-corrected chi connectivity index (χ3v) is 8.08. The van der Waals surface area contributed by atoms with Gasteiger partial charge in [0, 0.05) is 23.5 Å². The van der Waals surface area contributed by atoms with Gasteiger partial charge in [-0.05, 0) is 41.1 Å². The Hall–Kier alpha value is -5.29. The van der Waals surface area contributed by atoms with E-state index in [9.17, 15) is 4.79 Å². The van der Waals surface area contributed by atoms with Gasteiger partial charge in [-0.15, -0.1) is 0 Å². The molecule has 0 aliphatic carbocycles. The molecule has 0 radical (unpaired) electrons. The molecule has 0 spiro atoms. The van der Waals surface area contributed by atoms with Crippen LogP contribution in [0.2, 0.25) is 0 Å². The second kappa shape index (κ2) is 10.0. The third kappa shape index (κ3) is 3.97. The molecule has 0 bridgehead atoms. The van der Waals surface area contributed by atoms with E-state index in [2.05, 4.69) is 89.3 Å². The largest absolute Gasteiger partial charge is 0.316 e. The van der Waals surface area contributed by atoms with Gasteiger partial charge in [-0.25, -0.2) is 4.98 Å². The molecule has 0 saturated heterocycles. The number of aromatic nitrogens is 4. The fraction of sp³-hybridized carbons (Fsp3) is 0.0833. The Kier molecular flexibility index (Phi) is 6.05. The predicted molar refractivity (Wildman–Crippen MR) is 164 cm³/mol. The molecule has 0 aliphatic heterocycles. The summed E-state index contributed by atoms with van der Waals surface area (Å²) in [5, 5.41) is 2.47. The van der Waals surface area contributed by atoms with Gasteiger partial charge >= 0.3 is 0 Å². The van der Waals surface area contributed by atoms with Crippen molar-refractivity contribution in [1.29, 1.82) is 0 Å². The van der Waals surface area contributed by atoms with Crippen molar-refractivity contribution in [2.24, 2.45) is 0 Å². The van der Waals surface area contributed by atoms with Crippen LogP contribution in [-0.2, 0) is 12.1 Å². The molecule has 5 heteroatoms. The minimum Gasteiger partial charge on any atom is -0.316 e. The zero-order chi connectivity index (χ0) is 27.8. The van der Waals surface area contributed by atoms with E-state index in [0.717, 1.165) is 44.4 Å².